The Bertz CT molecular complexity index is 1240. The number of nitrogens with zero attached hydrogens (tertiary/aromatic N) is 3. The molecule has 1 aliphatic carbocycles. The third kappa shape index (κ3) is 4.86. The summed E-state index contributed by atoms with van der Waals surface area (Å²) in [6.07, 6.45) is 6.49. The van der Waals surface area contributed by atoms with Gasteiger partial charge in [0, 0.05) is 55.7 Å². The van der Waals surface area contributed by atoms with Crippen LogP contribution in [0.2, 0.25) is 0 Å². The van der Waals surface area contributed by atoms with Crippen LogP contribution in [0.3, 0.4) is 0 Å². The number of hydrogen-bond acceptors (Lipinski definition) is 5. The van der Waals surface area contributed by atoms with Crippen LogP contribution in [-0.2, 0) is 4.74 Å². The Hall–Kier alpha value is -3.65. The van der Waals surface area contributed by atoms with E-state index in [9.17, 15) is 9.59 Å². The maximum atomic E-state index is 13.7. The molecule has 2 aliphatic rings. The lowest BCUT2D eigenvalue weighted by atomic mass is 10.00. The van der Waals surface area contributed by atoms with Gasteiger partial charge in [0.15, 0.2) is 0 Å². The highest BCUT2D eigenvalue weighted by atomic mass is 16.5. The first-order chi connectivity index (χ1) is 17.5. The summed E-state index contributed by atoms with van der Waals surface area (Å²) in [5, 5.41) is 6.81. The largest absolute Gasteiger partial charge is 0.496 e. The Morgan fingerprint density at radius 1 is 1.14 bits per heavy atom. The summed E-state index contributed by atoms with van der Waals surface area (Å²) in [4.78, 5) is 30.4. The van der Waals surface area contributed by atoms with Gasteiger partial charge >= 0.3 is 0 Å². The van der Waals surface area contributed by atoms with Crippen molar-refractivity contribution < 1.29 is 19.1 Å². The highest BCUT2D eigenvalue weighted by molar-refractivity contribution is 5.96. The van der Waals surface area contributed by atoms with Crippen LogP contribution in [0, 0.1) is 5.92 Å². The van der Waals surface area contributed by atoms with E-state index in [-0.39, 0.29) is 24.0 Å². The fraction of sp³-hybridized carbons (Fsp3) is 0.393. The van der Waals surface area contributed by atoms with Crippen LogP contribution < -0.4 is 4.74 Å². The average Bonchev–Trinajstić information content (AvgIpc) is 3.38. The second kappa shape index (κ2) is 10.1. The molecule has 3 aromatic rings. The van der Waals surface area contributed by atoms with Gasteiger partial charge in [0.05, 0.1) is 25.5 Å². The number of benzene rings is 2. The van der Waals surface area contributed by atoms with E-state index in [2.05, 4.69) is 10.2 Å². The number of carbonyl (C=O) groups excluding carboxylic acids is 2. The predicted octanol–water partition coefficient (Wildman–Crippen LogP) is 4.17. The summed E-state index contributed by atoms with van der Waals surface area (Å²) in [7, 11) is 5.13. The van der Waals surface area contributed by atoms with Crippen LogP contribution in [0.15, 0.2) is 54.9 Å². The minimum Gasteiger partial charge on any atom is -0.496 e. The van der Waals surface area contributed by atoms with E-state index < -0.39 is 0 Å². The molecule has 1 saturated heterocycles. The van der Waals surface area contributed by atoms with E-state index in [1.165, 1.54) is 12.8 Å². The van der Waals surface area contributed by atoms with Crippen molar-refractivity contribution in [1.29, 1.82) is 0 Å². The fourth-order valence-electron chi connectivity index (χ4n) is 5.01. The summed E-state index contributed by atoms with van der Waals surface area (Å²) in [5.74, 6) is 1.15. The Kier molecular flexibility index (Phi) is 6.78. The molecule has 0 bridgehead atoms. The highest BCUT2D eigenvalue weighted by Gasteiger charge is 2.37. The van der Waals surface area contributed by atoms with Crippen molar-refractivity contribution in [3.63, 3.8) is 0 Å². The number of ether oxygens (including phenoxy) is 2. The quantitative estimate of drug-likeness (QED) is 0.514. The first-order valence-corrected chi connectivity index (χ1v) is 12.3. The normalized spacial score (nSPS) is 19.4. The zero-order valence-electron chi connectivity index (χ0n) is 20.9. The zero-order valence-corrected chi connectivity index (χ0v) is 20.9. The molecule has 2 heterocycles. The maximum absolute atomic E-state index is 13.7. The van der Waals surface area contributed by atoms with Gasteiger partial charge in [-0.2, -0.15) is 5.10 Å². The first-order valence-electron chi connectivity index (χ1n) is 12.3. The molecule has 1 N–H and O–H groups in total. The van der Waals surface area contributed by atoms with Crippen LogP contribution in [0.4, 0.5) is 0 Å². The summed E-state index contributed by atoms with van der Waals surface area (Å²) in [5.41, 5.74) is 3.87. The lowest BCUT2D eigenvalue weighted by molar-refractivity contribution is 0.0687. The smallest absolute Gasteiger partial charge is 0.254 e. The maximum Gasteiger partial charge on any atom is 0.254 e. The SMILES string of the molecule is COc1cc(C(=O)N2CC(OC)CC2c2cccc(C(=O)N(C)CC3CC3)c2)ccc1-c1cn[nH]c1. The van der Waals surface area contributed by atoms with Crippen LogP contribution >= 0.6 is 0 Å². The van der Waals surface area contributed by atoms with Gasteiger partial charge in [0.25, 0.3) is 11.8 Å². The molecule has 2 amide bonds. The minimum absolute atomic E-state index is 0.0162. The molecule has 5 rings (SSSR count). The van der Waals surface area contributed by atoms with Gasteiger partial charge in [0.1, 0.15) is 5.75 Å². The fourth-order valence-corrected chi connectivity index (χ4v) is 5.01. The lowest BCUT2D eigenvalue weighted by Gasteiger charge is -2.26. The molecule has 1 aliphatic heterocycles. The van der Waals surface area contributed by atoms with E-state index in [0.717, 1.165) is 23.2 Å². The summed E-state index contributed by atoms with van der Waals surface area (Å²) < 4.78 is 11.2. The van der Waals surface area contributed by atoms with Crippen LogP contribution in [-0.4, -0.2) is 72.3 Å². The number of aromatic nitrogens is 2. The Morgan fingerprint density at radius 2 is 1.97 bits per heavy atom. The molecule has 2 aromatic carbocycles. The number of rotatable bonds is 8. The van der Waals surface area contributed by atoms with Gasteiger partial charge in [-0.05, 0) is 61.1 Å². The van der Waals surface area contributed by atoms with Crippen molar-refractivity contribution in [2.24, 2.45) is 5.92 Å². The zero-order chi connectivity index (χ0) is 25.2. The summed E-state index contributed by atoms with van der Waals surface area (Å²) in [6, 6.07) is 12.9. The van der Waals surface area contributed by atoms with Crippen LogP contribution in [0.5, 0.6) is 5.75 Å². The van der Waals surface area contributed by atoms with Gasteiger partial charge in [-0.25, -0.2) is 0 Å². The molecule has 1 saturated carbocycles. The van der Waals surface area contributed by atoms with Gasteiger partial charge in [0.2, 0.25) is 0 Å². The number of amides is 2. The molecule has 1 aromatic heterocycles. The van der Waals surface area contributed by atoms with Crippen molar-refractivity contribution in [2.75, 3.05) is 34.4 Å². The molecular formula is C28H32N4O4. The molecule has 2 unspecified atom stereocenters. The Morgan fingerprint density at radius 3 is 2.67 bits per heavy atom. The van der Waals surface area contributed by atoms with Gasteiger partial charge in [-0.1, -0.05) is 12.1 Å². The monoisotopic (exact) mass is 488 g/mol. The number of aromatic amines is 1. The number of carbonyl (C=O) groups is 2. The van der Waals surface area contributed by atoms with Crippen molar-refractivity contribution in [3.8, 4) is 16.9 Å². The average molecular weight is 489 g/mol. The predicted molar refractivity (Wildman–Crippen MR) is 136 cm³/mol. The molecule has 2 atom stereocenters. The van der Waals surface area contributed by atoms with Gasteiger partial charge < -0.3 is 19.3 Å². The van der Waals surface area contributed by atoms with Crippen molar-refractivity contribution in [1.82, 2.24) is 20.0 Å². The van der Waals surface area contributed by atoms with E-state index in [4.69, 9.17) is 9.47 Å². The third-order valence-corrected chi connectivity index (χ3v) is 7.21. The lowest BCUT2D eigenvalue weighted by Crippen LogP contribution is -2.32. The minimum atomic E-state index is -0.191. The van der Waals surface area contributed by atoms with E-state index in [0.29, 0.717) is 35.8 Å². The van der Waals surface area contributed by atoms with Crippen molar-refractivity contribution >= 4 is 11.8 Å². The van der Waals surface area contributed by atoms with Crippen molar-refractivity contribution in [3.05, 3.63) is 71.5 Å². The topological polar surface area (TPSA) is 87.8 Å². The number of nitrogens with one attached hydrogen (secondary N) is 1. The second-order valence-corrected chi connectivity index (χ2v) is 9.72. The van der Waals surface area contributed by atoms with Crippen LogP contribution in [0.1, 0.15) is 51.6 Å². The number of H-pyrrole nitrogens is 1. The second-order valence-electron chi connectivity index (χ2n) is 9.72. The van der Waals surface area contributed by atoms with E-state index >= 15 is 0 Å². The molecule has 8 heteroatoms. The third-order valence-electron chi connectivity index (χ3n) is 7.21. The number of hydrogen-bond donors (Lipinski definition) is 1. The summed E-state index contributed by atoms with van der Waals surface area (Å²) in [6.45, 7) is 1.27. The van der Waals surface area contributed by atoms with Crippen LogP contribution in [0.25, 0.3) is 11.1 Å². The molecule has 0 spiro atoms. The van der Waals surface area contributed by atoms with Gasteiger partial charge in [-0.3, -0.25) is 14.7 Å². The van der Waals surface area contributed by atoms with Gasteiger partial charge in [-0.15, -0.1) is 0 Å². The highest BCUT2D eigenvalue weighted by Crippen LogP contribution is 2.37. The Labute approximate surface area is 211 Å². The van der Waals surface area contributed by atoms with E-state index in [1.54, 1.807) is 37.6 Å². The molecule has 8 nitrogen and oxygen atoms in total. The molecule has 0 radical (unpaired) electrons. The standard InChI is InChI=1S/C28H32N4O4/c1-31(16-18-7-8-18)27(33)20-6-4-5-19(11-20)25-13-23(35-2)17-32(25)28(34)21-9-10-24(26(12-21)36-3)22-14-29-30-15-22/h4-6,9-12,14-15,18,23,25H,7-8,13,16-17H2,1-3H3,(H,29,30). The summed E-state index contributed by atoms with van der Waals surface area (Å²) >= 11 is 0. The molecular weight excluding hydrogens is 456 g/mol. The molecule has 2 fully saturated rings. The Balaban J connectivity index is 1.41. The molecule has 36 heavy (non-hydrogen) atoms. The number of likely N-dealkylation sites (tertiary alicyclic amines) is 1. The first kappa shape index (κ1) is 24.1. The van der Waals surface area contributed by atoms with Crippen molar-refractivity contribution in [2.45, 2.75) is 31.4 Å². The molecule has 188 valence electrons. The van der Waals surface area contributed by atoms with E-state index in [1.807, 2.05) is 48.3 Å². The number of methoxy groups -OCH3 is 2.